The van der Waals surface area contributed by atoms with Gasteiger partial charge in [0.1, 0.15) is 0 Å². The summed E-state index contributed by atoms with van der Waals surface area (Å²) in [7, 11) is -3.10. The van der Waals surface area contributed by atoms with Crippen LogP contribution in [0.1, 0.15) is 18.9 Å². The molecule has 0 spiro atoms. The van der Waals surface area contributed by atoms with E-state index >= 15 is 0 Å². The van der Waals surface area contributed by atoms with Gasteiger partial charge in [0.05, 0.1) is 17.9 Å². The molecule has 25 heavy (non-hydrogen) atoms. The van der Waals surface area contributed by atoms with E-state index in [0.29, 0.717) is 28.6 Å². The summed E-state index contributed by atoms with van der Waals surface area (Å²) in [5.74, 6) is -1.01. The lowest BCUT2D eigenvalue weighted by Crippen LogP contribution is -2.43. The molecule has 0 aliphatic carbocycles. The minimum atomic E-state index is -3.10. The zero-order valence-electron chi connectivity index (χ0n) is 13.7. The van der Waals surface area contributed by atoms with E-state index in [2.05, 4.69) is 0 Å². The fourth-order valence-electron chi connectivity index (χ4n) is 2.78. The van der Waals surface area contributed by atoms with Crippen molar-refractivity contribution in [1.29, 1.82) is 0 Å². The van der Waals surface area contributed by atoms with Crippen LogP contribution in [0.3, 0.4) is 0 Å². The maximum Gasteiger partial charge on any atom is 0.310 e. The van der Waals surface area contributed by atoms with Gasteiger partial charge in [-0.05, 0) is 25.5 Å². The van der Waals surface area contributed by atoms with Crippen LogP contribution in [0.15, 0.2) is 18.2 Å². The molecule has 1 unspecified atom stereocenters. The minimum Gasteiger partial charge on any atom is -0.455 e. The molecular weight excluding hydrogens is 389 g/mol. The summed E-state index contributed by atoms with van der Waals surface area (Å²) in [4.78, 5) is 25.7. The second-order valence-corrected chi connectivity index (χ2v) is 8.82. The van der Waals surface area contributed by atoms with Gasteiger partial charge in [-0.1, -0.05) is 29.3 Å². The predicted molar refractivity (Wildman–Crippen MR) is 95.6 cm³/mol. The van der Waals surface area contributed by atoms with Gasteiger partial charge in [0, 0.05) is 28.2 Å². The lowest BCUT2D eigenvalue weighted by atomic mass is 10.1. The van der Waals surface area contributed by atoms with Crippen molar-refractivity contribution in [2.75, 3.05) is 24.7 Å². The van der Waals surface area contributed by atoms with Crippen molar-refractivity contribution in [3.05, 3.63) is 33.8 Å². The normalized spacial score (nSPS) is 18.8. The molecule has 1 fully saturated rings. The Balaban J connectivity index is 1.91. The van der Waals surface area contributed by atoms with Crippen LogP contribution < -0.4 is 0 Å². The highest BCUT2D eigenvalue weighted by atomic mass is 35.5. The number of nitrogens with zero attached hydrogens (tertiary/aromatic N) is 1. The first-order chi connectivity index (χ1) is 11.7. The Morgan fingerprint density at radius 1 is 1.28 bits per heavy atom. The molecule has 1 amide bonds. The monoisotopic (exact) mass is 407 g/mol. The van der Waals surface area contributed by atoms with Crippen molar-refractivity contribution in [2.24, 2.45) is 0 Å². The molecule has 138 valence electrons. The number of amides is 1. The van der Waals surface area contributed by atoms with Crippen molar-refractivity contribution in [3.8, 4) is 0 Å². The van der Waals surface area contributed by atoms with E-state index in [9.17, 15) is 18.0 Å². The number of carbonyl (C=O) groups is 2. The Kier molecular flexibility index (Phi) is 6.71. The van der Waals surface area contributed by atoms with Crippen LogP contribution in [-0.2, 0) is 30.6 Å². The second-order valence-electron chi connectivity index (χ2n) is 5.77. The fourth-order valence-corrected chi connectivity index (χ4v) is 5.04. The molecule has 1 heterocycles. The molecule has 1 aromatic rings. The number of likely N-dealkylation sites (N-methyl/N-ethyl adjacent to an activating group) is 1. The number of hydrogen-bond acceptors (Lipinski definition) is 5. The molecule has 0 aromatic heterocycles. The third-order valence-electron chi connectivity index (χ3n) is 4.05. The number of esters is 1. The molecule has 2 rings (SSSR count). The maximum absolute atomic E-state index is 12.3. The van der Waals surface area contributed by atoms with Gasteiger partial charge < -0.3 is 9.64 Å². The SMILES string of the molecule is CCN(C(=O)COC(=O)Cc1c(Cl)cccc1Cl)C1CCS(=O)(=O)C1. The van der Waals surface area contributed by atoms with Gasteiger partial charge in [-0.2, -0.15) is 0 Å². The maximum atomic E-state index is 12.3. The van der Waals surface area contributed by atoms with E-state index in [1.165, 1.54) is 4.90 Å². The molecule has 1 aromatic carbocycles. The molecule has 1 aliphatic heterocycles. The van der Waals surface area contributed by atoms with Gasteiger partial charge in [0.25, 0.3) is 5.91 Å². The Labute approximate surface area is 157 Å². The smallest absolute Gasteiger partial charge is 0.310 e. The topological polar surface area (TPSA) is 80.8 Å². The number of hydrogen-bond donors (Lipinski definition) is 0. The van der Waals surface area contributed by atoms with Crippen molar-refractivity contribution in [2.45, 2.75) is 25.8 Å². The quantitative estimate of drug-likeness (QED) is 0.674. The van der Waals surface area contributed by atoms with Gasteiger partial charge in [0.2, 0.25) is 0 Å². The molecule has 1 saturated heterocycles. The summed E-state index contributed by atoms with van der Waals surface area (Å²) in [6.07, 6.45) is 0.265. The van der Waals surface area contributed by atoms with Crippen molar-refractivity contribution < 1.29 is 22.7 Å². The molecule has 9 heteroatoms. The van der Waals surface area contributed by atoms with Crippen LogP contribution in [0.4, 0.5) is 0 Å². The number of ether oxygens (including phenoxy) is 1. The van der Waals surface area contributed by atoms with Crippen LogP contribution >= 0.6 is 23.2 Å². The van der Waals surface area contributed by atoms with Gasteiger partial charge in [-0.25, -0.2) is 8.42 Å². The van der Waals surface area contributed by atoms with E-state index in [1.54, 1.807) is 25.1 Å². The molecule has 1 atom stereocenters. The average Bonchev–Trinajstić information content (AvgIpc) is 2.89. The molecule has 6 nitrogen and oxygen atoms in total. The van der Waals surface area contributed by atoms with E-state index in [-0.39, 0.29) is 24.0 Å². The fraction of sp³-hybridized carbons (Fsp3) is 0.500. The molecule has 0 bridgehead atoms. The number of carbonyl (C=O) groups excluding carboxylic acids is 2. The molecule has 0 radical (unpaired) electrons. The van der Waals surface area contributed by atoms with Crippen LogP contribution in [0.5, 0.6) is 0 Å². The van der Waals surface area contributed by atoms with Gasteiger partial charge >= 0.3 is 5.97 Å². The molecule has 0 saturated carbocycles. The van der Waals surface area contributed by atoms with E-state index in [1.807, 2.05) is 0 Å². The third kappa shape index (κ3) is 5.33. The Morgan fingerprint density at radius 2 is 1.92 bits per heavy atom. The highest BCUT2D eigenvalue weighted by Crippen LogP contribution is 2.25. The van der Waals surface area contributed by atoms with Crippen LogP contribution in [0.2, 0.25) is 10.0 Å². The third-order valence-corrected chi connectivity index (χ3v) is 6.51. The summed E-state index contributed by atoms with van der Waals surface area (Å²) >= 11 is 12.0. The largest absolute Gasteiger partial charge is 0.455 e. The van der Waals surface area contributed by atoms with Crippen molar-refractivity contribution in [3.63, 3.8) is 0 Å². The summed E-state index contributed by atoms with van der Waals surface area (Å²) < 4.78 is 28.2. The standard InChI is InChI=1S/C16H19Cl2NO5S/c1-2-19(11-6-7-25(22,23)10-11)15(20)9-24-16(21)8-12-13(17)4-3-5-14(12)18/h3-5,11H,2,6-10H2,1H3. The number of sulfone groups is 1. The number of halogens is 2. The first-order valence-corrected chi connectivity index (χ1v) is 10.4. The zero-order valence-corrected chi connectivity index (χ0v) is 16.0. The van der Waals surface area contributed by atoms with E-state index < -0.39 is 28.3 Å². The zero-order chi connectivity index (χ0) is 18.6. The lowest BCUT2D eigenvalue weighted by molar-refractivity contribution is -0.152. The van der Waals surface area contributed by atoms with Gasteiger partial charge in [0.15, 0.2) is 16.4 Å². The molecule has 1 aliphatic rings. The predicted octanol–water partition coefficient (Wildman–Crippen LogP) is 2.11. The highest BCUT2D eigenvalue weighted by Gasteiger charge is 2.34. The lowest BCUT2D eigenvalue weighted by Gasteiger charge is -2.26. The Hall–Kier alpha value is -1.31. The first-order valence-electron chi connectivity index (χ1n) is 7.82. The number of rotatable bonds is 6. The average molecular weight is 408 g/mol. The summed E-state index contributed by atoms with van der Waals surface area (Å²) in [6, 6.07) is 4.53. The first kappa shape index (κ1) is 20.0. The second kappa shape index (κ2) is 8.38. The van der Waals surface area contributed by atoms with Crippen LogP contribution in [0.25, 0.3) is 0 Å². The molecular formula is C16H19Cl2NO5S. The van der Waals surface area contributed by atoms with E-state index in [4.69, 9.17) is 27.9 Å². The van der Waals surface area contributed by atoms with Crippen LogP contribution in [0, 0.1) is 0 Å². The Bertz CT molecular complexity index is 746. The molecule has 0 N–H and O–H groups in total. The summed E-state index contributed by atoms with van der Waals surface area (Å²) in [5.41, 5.74) is 0.442. The van der Waals surface area contributed by atoms with Crippen molar-refractivity contribution in [1.82, 2.24) is 4.90 Å². The van der Waals surface area contributed by atoms with Crippen LogP contribution in [-0.4, -0.2) is 55.9 Å². The van der Waals surface area contributed by atoms with E-state index in [0.717, 1.165) is 0 Å². The Morgan fingerprint density at radius 3 is 2.44 bits per heavy atom. The van der Waals surface area contributed by atoms with Crippen molar-refractivity contribution >= 4 is 44.9 Å². The summed E-state index contributed by atoms with van der Waals surface area (Å²) in [5, 5.41) is 0.698. The minimum absolute atomic E-state index is 0.0459. The van der Waals surface area contributed by atoms with Gasteiger partial charge in [-0.3, -0.25) is 9.59 Å². The number of benzene rings is 1. The van der Waals surface area contributed by atoms with Gasteiger partial charge in [-0.15, -0.1) is 0 Å². The summed E-state index contributed by atoms with van der Waals surface area (Å²) in [6.45, 7) is 1.67. The highest BCUT2D eigenvalue weighted by molar-refractivity contribution is 7.91.